The minimum atomic E-state index is -0.457. The van der Waals surface area contributed by atoms with Gasteiger partial charge in [-0.3, -0.25) is 9.78 Å². The van der Waals surface area contributed by atoms with Gasteiger partial charge in [0.25, 0.3) is 5.91 Å². The van der Waals surface area contributed by atoms with Crippen molar-refractivity contribution in [1.82, 2.24) is 19.9 Å². The minimum absolute atomic E-state index is 0.112. The van der Waals surface area contributed by atoms with E-state index in [0.29, 0.717) is 18.5 Å². The fraction of sp³-hybridized carbons (Fsp3) is 0.250. The van der Waals surface area contributed by atoms with Crippen molar-refractivity contribution in [2.24, 2.45) is 0 Å². The van der Waals surface area contributed by atoms with Gasteiger partial charge in [0, 0.05) is 30.4 Å². The quantitative estimate of drug-likeness (QED) is 0.763. The molecule has 1 aliphatic rings. The summed E-state index contributed by atoms with van der Waals surface area (Å²) in [5.41, 5.74) is 4.27. The summed E-state index contributed by atoms with van der Waals surface area (Å²) in [6.45, 7) is 8.28. The molecule has 0 saturated heterocycles. The third-order valence-electron chi connectivity index (χ3n) is 4.95. The van der Waals surface area contributed by atoms with Crippen molar-refractivity contribution in [3.63, 3.8) is 0 Å². The molecule has 1 aromatic carbocycles. The average Bonchev–Trinajstić information content (AvgIpc) is 3.08. The second kappa shape index (κ2) is 6.05. The SMILES string of the molecule is C=C(C)c1ccc(F)c2nc(C(=O)N3CCc4ncccc4[C@H]3C)[nH]c12. The molecular formula is C20H19FN4O. The van der Waals surface area contributed by atoms with Crippen molar-refractivity contribution in [2.45, 2.75) is 26.3 Å². The number of allylic oxidation sites excluding steroid dienone is 1. The van der Waals surface area contributed by atoms with Crippen LogP contribution in [0.4, 0.5) is 4.39 Å². The molecular weight excluding hydrogens is 331 g/mol. The van der Waals surface area contributed by atoms with E-state index in [9.17, 15) is 9.18 Å². The number of hydrogen-bond acceptors (Lipinski definition) is 3. The normalized spacial score (nSPS) is 16.6. The Hall–Kier alpha value is -3.02. The molecule has 0 fully saturated rings. The van der Waals surface area contributed by atoms with E-state index in [1.807, 2.05) is 26.0 Å². The molecule has 1 amide bonds. The van der Waals surface area contributed by atoms with E-state index >= 15 is 0 Å². The summed E-state index contributed by atoms with van der Waals surface area (Å²) in [4.78, 5) is 26.4. The summed E-state index contributed by atoms with van der Waals surface area (Å²) in [6.07, 6.45) is 2.46. The monoisotopic (exact) mass is 350 g/mol. The lowest BCUT2D eigenvalue weighted by Crippen LogP contribution is -2.39. The summed E-state index contributed by atoms with van der Waals surface area (Å²) in [5, 5.41) is 0. The van der Waals surface area contributed by atoms with Gasteiger partial charge in [0.05, 0.1) is 11.6 Å². The highest BCUT2D eigenvalue weighted by Gasteiger charge is 2.30. The van der Waals surface area contributed by atoms with Crippen molar-refractivity contribution in [3.05, 3.63) is 65.5 Å². The van der Waals surface area contributed by atoms with Crippen LogP contribution in [-0.2, 0) is 6.42 Å². The molecule has 0 saturated carbocycles. The summed E-state index contributed by atoms with van der Waals surface area (Å²) in [5.74, 6) is -0.552. The number of hydrogen-bond donors (Lipinski definition) is 1. The number of amides is 1. The largest absolute Gasteiger partial charge is 0.333 e. The van der Waals surface area contributed by atoms with Gasteiger partial charge in [-0.1, -0.05) is 12.6 Å². The number of benzene rings is 1. The van der Waals surface area contributed by atoms with Crippen molar-refractivity contribution in [2.75, 3.05) is 6.54 Å². The van der Waals surface area contributed by atoms with Crippen LogP contribution in [0.5, 0.6) is 0 Å². The average molecular weight is 350 g/mol. The van der Waals surface area contributed by atoms with Gasteiger partial charge in [0.1, 0.15) is 5.52 Å². The Morgan fingerprint density at radius 2 is 2.19 bits per heavy atom. The Labute approximate surface area is 150 Å². The number of fused-ring (bicyclic) bond motifs is 2. The van der Waals surface area contributed by atoms with Gasteiger partial charge in [-0.25, -0.2) is 9.37 Å². The third kappa shape index (κ3) is 2.49. The zero-order chi connectivity index (χ0) is 18.4. The fourth-order valence-electron chi connectivity index (χ4n) is 3.56. The van der Waals surface area contributed by atoms with Gasteiger partial charge in [-0.2, -0.15) is 0 Å². The molecule has 0 radical (unpaired) electrons. The Balaban J connectivity index is 1.74. The number of halogens is 1. The Kier molecular flexibility index (Phi) is 3.83. The zero-order valence-electron chi connectivity index (χ0n) is 14.7. The van der Waals surface area contributed by atoms with Crippen molar-refractivity contribution in [3.8, 4) is 0 Å². The lowest BCUT2D eigenvalue weighted by Gasteiger charge is -2.34. The van der Waals surface area contributed by atoms with E-state index in [-0.39, 0.29) is 23.3 Å². The Bertz CT molecular complexity index is 1040. The zero-order valence-corrected chi connectivity index (χ0v) is 14.7. The molecule has 4 rings (SSSR count). The molecule has 0 spiro atoms. The first-order valence-electron chi connectivity index (χ1n) is 8.56. The number of imidazole rings is 1. The van der Waals surface area contributed by atoms with Gasteiger partial charge in [0.2, 0.25) is 0 Å². The molecule has 26 heavy (non-hydrogen) atoms. The molecule has 0 bridgehead atoms. The van der Waals surface area contributed by atoms with Gasteiger partial charge in [-0.15, -0.1) is 0 Å². The van der Waals surface area contributed by atoms with Crippen LogP contribution in [0.15, 0.2) is 37.0 Å². The Morgan fingerprint density at radius 1 is 1.38 bits per heavy atom. The van der Waals surface area contributed by atoms with Crippen LogP contribution in [0.1, 0.15) is 47.3 Å². The number of rotatable bonds is 2. The van der Waals surface area contributed by atoms with Crippen molar-refractivity contribution < 1.29 is 9.18 Å². The van der Waals surface area contributed by atoms with Crippen molar-refractivity contribution in [1.29, 1.82) is 0 Å². The predicted molar refractivity (Wildman–Crippen MR) is 98.2 cm³/mol. The first-order chi connectivity index (χ1) is 12.5. The number of nitrogens with one attached hydrogen (secondary N) is 1. The maximum Gasteiger partial charge on any atom is 0.290 e. The fourth-order valence-corrected chi connectivity index (χ4v) is 3.56. The molecule has 2 aromatic heterocycles. The molecule has 1 atom stereocenters. The lowest BCUT2D eigenvalue weighted by atomic mass is 9.98. The van der Waals surface area contributed by atoms with Gasteiger partial charge in [0.15, 0.2) is 11.6 Å². The molecule has 5 nitrogen and oxygen atoms in total. The van der Waals surface area contributed by atoms with E-state index in [1.54, 1.807) is 17.2 Å². The summed E-state index contributed by atoms with van der Waals surface area (Å²) in [6, 6.07) is 6.76. The first kappa shape index (κ1) is 16.4. The highest BCUT2D eigenvalue weighted by Crippen LogP contribution is 2.30. The summed E-state index contributed by atoms with van der Waals surface area (Å²) in [7, 11) is 0. The van der Waals surface area contributed by atoms with Crippen LogP contribution in [0, 0.1) is 5.82 Å². The van der Waals surface area contributed by atoms with E-state index in [2.05, 4.69) is 21.5 Å². The number of H-pyrrole nitrogens is 1. The number of carbonyl (C=O) groups excluding carboxylic acids is 1. The van der Waals surface area contributed by atoms with Crippen LogP contribution in [0.3, 0.4) is 0 Å². The van der Waals surface area contributed by atoms with Gasteiger partial charge < -0.3 is 9.88 Å². The number of nitrogens with zero attached hydrogens (tertiary/aromatic N) is 3. The minimum Gasteiger partial charge on any atom is -0.333 e. The number of pyridine rings is 1. The van der Waals surface area contributed by atoms with Crippen LogP contribution in [0.2, 0.25) is 0 Å². The maximum absolute atomic E-state index is 14.2. The van der Waals surface area contributed by atoms with Crippen LogP contribution in [0.25, 0.3) is 16.6 Å². The first-order valence-corrected chi connectivity index (χ1v) is 8.56. The second-order valence-corrected chi connectivity index (χ2v) is 6.65. The number of aromatic amines is 1. The maximum atomic E-state index is 14.2. The van der Waals surface area contributed by atoms with Crippen molar-refractivity contribution >= 4 is 22.5 Å². The van der Waals surface area contributed by atoms with E-state index in [0.717, 1.165) is 22.4 Å². The number of carbonyl (C=O) groups is 1. The summed E-state index contributed by atoms with van der Waals surface area (Å²) >= 11 is 0. The molecule has 0 unspecified atom stereocenters. The van der Waals surface area contributed by atoms with E-state index in [1.165, 1.54) is 6.07 Å². The molecule has 132 valence electrons. The molecule has 0 aliphatic carbocycles. The topological polar surface area (TPSA) is 61.9 Å². The Morgan fingerprint density at radius 3 is 2.96 bits per heavy atom. The third-order valence-corrected chi connectivity index (χ3v) is 4.95. The lowest BCUT2D eigenvalue weighted by molar-refractivity contribution is 0.0665. The molecule has 1 aliphatic heterocycles. The molecule has 3 heterocycles. The highest BCUT2D eigenvalue weighted by atomic mass is 19.1. The second-order valence-electron chi connectivity index (χ2n) is 6.65. The standard InChI is InChI=1S/C20H19FN4O/c1-11(2)13-6-7-15(21)18-17(13)23-19(24-18)20(26)25-10-8-16-14(12(25)3)5-4-9-22-16/h4-7,9,12H,1,8,10H2,2-3H3,(H,23,24)/t12-/m1/s1. The van der Waals surface area contributed by atoms with Gasteiger partial charge >= 0.3 is 0 Å². The highest BCUT2D eigenvalue weighted by molar-refractivity contribution is 5.97. The predicted octanol–water partition coefficient (Wildman–Crippen LogP) is 3.89. The van der Waals surface area contributed by atoms with Crippen LogP contribution in [-0.4, -0.2) is 32.3 Å². The van der Waals surface area contributed by atoms with Gasteiger partial charge in [-0.05, 0) is 43.2 Å². The van der Waals surface area contributed by atoms with E-state index in [4.69, 9.17) is 0 Å². The number of aromatic nitrogens is 3. The molecule has 3 aromatic rings. The smallest absolute Gasteiger partial charge is 0.290 e. The molecule has 1 N–H and O–H groups in total. The van der Waals surface area contributed by atoms with Crippen LogP contribution < -0.4 is 0 Å². The molecule has 6 heteroatoms. The van der Waals surface area contributed by atoms with E-state index < -0.39 is 5.82 Å². The van der Waals surface area contributed by atoms with Crippen LogP contribution >= 0.6 is 0 Å². The summed E-state index contributed by atoms with van der Waals surface area (Å²) < 4.78 is 14.2.